The van der Waals surface area contributed by atoms with Crippen molar-refractivity contribution in [1.29, 1.82) is 5.26 Å². The van der Waals surface area contributed by atoms with Gasteiger partial charge in [0.15, 0.2) is 0 Å². The van der Waals surface area contributed by atoms with Gasteiger partial charge in [-0.1, -0.05) is 177 Å². The molecule has 0 spiro atoms. The zero-order valence-corrected chi connectivity index (χ0v) is 89.4. The number of alkyl carbamates (subject to hydrolysis) is 4. The molecule has 0 aliphatic carbocycles. The van der Waals surface area contributed by atoms with E-state index in [-0.39, 0.29) is 96.3 Å². The summed E-state index contributed by atoms with van der Waals surface area (Å²) in [5.74, 6) is 1.92. The van der Waals surface area contributed by atoms with E-state index in [9.17, 15) is 48.3 Å². The van der Waals surface area contributed by atoms with Gasteiger partial charge in [-0.3, -0.25) is 24.0 Å². The third-order valence-corrected chi connectivity index (χ3v) is 23.1. The number of methoxy groups -OCH3 is 4. The predicted molar refractivity (Wildman–Crippen MR) is 571 cm³/mol. The molecule has 6 N–H and O–H groups in total. The number of aldehydes is 1. The Bertz CT molecular complexity index is 5600. The topological polar surface area (TPSA) is 353 Å². The van der Waals surface area contributed by atoms with Crippen molar-refractivity contribution >= 4 is 121 Å². The van der Waals surface area contributed by atoms with Crippen LogP contribution in [0.3, 0.4) is 0 Å². The molecule has 0 bridgehead atoms. The molecule has 0 saturated heterocycles. The quantitative estimate of drug-likeness (QED) is 0.00800. The molecule has 3 radical (unpaired) electrons. The summed E-state index contributed by atoms with van der Waals surface area (Å²) in [5.41, 5.74) is 5.80. The molecule has 0 saturated carbocycles. The normalized spacial score (nSPS) is 11.4. The average Bonchev–Trinajstić information content (AvgIpc) is 0.814. The van der Waals surface area contributed by atoms with Crippen LogP contribution in [0.25, 0.3) is 0 Å². The van der Waals surface area contributed by atoms with Crippen molar-refractivity contribution in [2.75, 3.05) is 83.3 Å². The number of benzene rings is 11. The fourth-order valence-corrected chi connectivity index (χ4v) is 16.1. The standard InChI is InChI=1S/C23H29ClN2O4.C23H27N3O4.C23H30N2O5.C23H28N2O5.C18H15P.CH4O.CH4.B.Na.H/c2*1-23(2,3)30-22(28)25-20(14-16-7-6-8-17(13-16)15-24)21(27)26(4)18-9-11-19(29-5)12-10-18;2*1-23(2,3)30-22(28)24-20(14-16-7-6-8-17(13-16)15-26)21(27)25(4)18-9-11-19(29-5)12-10-18;1-4-10-16(11-5-1)19(17-12-6-2-7-13-17)18-14-8-3-9-15-18;1-2;;;;/h6-13,20H,14-15H2,1-5H3,(H,25,28);6-13,20H,14H2,1-5H3,(H,25,28);6-13,20,26H,14-15H2,1-5H3,(H,24,28);6-13,15,20H,14H2,1-5H3,(H,24,28);1-15H;2H,1H3;1H4;;;/q;;;;;;;;+1;-1/t4*20-;;;;;;/m0000....../s1. The molecule has 11 aromatic rings. The number of aliphatic hydroxyl groups excluding tert-OH is 2. The van der Waals surface area contributed by atoms with E-state index in [1.807, 2.05) is 48.5 Å². The number of nitrogens with zero attached hydrogens (tertiary/aromatic N) is 5. The number of ether oxygens (including phenoxy) is 8. The van der Waals surface area contributed by atoms with Crippen molar-refractivity contribution < 1.29 is 122 Å². The summed E-state index contributed by atoms with van der Waals surface area (Å²) >= 11 is 5.93. The number of halogens is 1. The van der Waals surface area contributed by atoms with Gasteiger partial charge in [0.1, 0.15) is 75.9 Å². The molecule has 0 aliphatic heterocycles. The second-order valence-electron chi connectivity index (χ2n) is 35.9. The number of likely N-dealkylation sites (N-methyl/N-ethyl adjacent to an activating group) is 4. The van der Waals surface area contributed by atoms with Gasteiger partial charge < -0.3 is 90.4 Å². The number of anilines is 4. The fourth-order valence-electron chi connectivity index (χ4n) is 13.6. The molecule has 761 valence electrons. The molecule has 28 nitrogen and oxygen atoms in total. The minimum Gasteiger partial charge on any atom is -1.00 e. The van der Waals surface area contributed by atoms with E-state index in [0.29, 0.717) is 69.2 Å². The van der Waals surface area contributed by atoms with Crippen LogP contribution in [-0.2, 0) is 76.3 Å². The molecule has 0 aliphatic rings. The maximum Gasteiger partial charge on any atom is 1.00 e. The summed E-state index contributed by atoms with van der Waals surface area (Å²) in [6, 6.07) is 88.0. The van der Waals surface area contributed by atoms with E-state index in [1.54, 1.807) is 285 Å². The number of carbonyl (C=O) groups excluding carboxylic acids is 9. The summed E-state index contributed by atoms with van der Waals surface area (Å²) in [6.07, 6.45) is -0.939. The summed E-state index contributed by atoms with van der Waals surface area (Å²) in [4.78, 5) is 119. The minimum atomic E-state index is -0.881. The van der Waals surface area contributed by atoms with E-state index in [1.165, 1.54) is 35.5 Å². The summed E-state index contributed by atoms with van der Waals surface area (Å²) < 4.78 is 42.0. The predicted octanol–water partition coefficient (Wildman–Crippen LogP) is 15.5. The molecule has 0 unspecified atom stereocenters. The Hall–Kier alpha value is -13.6. The van der Waals surface area contributed by atoms with Crippen molar-refractivity contribution in [3.63, 3.8) is 0 Å². The Balaban J connectivity index is 0.000000609. The number of alkyl halides is 1. The smallest absolute Gasteiger partial charge is 1.00 e. The van der Waals surface area contributed by atoms with E-state index in [2.05, 4.69) is 118 Å². The second kappa shape index (κ2) is 62.1. The number of amides is 8. The van der Waals surface area contributed by atoms with E-state index < -0.39 is 78.9 Å². The molecule has 32 heteroatoms. The first-order valence-electron chi connectivity index (χ1n) is 45.4. The minimum absolute atomic E-state index is 0. The van der Waals surface area contributed by atoms with Crippen LogP contribution in [-0.4, -0.2) is 183 Å². The number of hydrogen-bond acceptors (Lipinski definition) is 20. The van der Waals surface area contributed by atoms with Crippen molar-refractivity contribution in [1.82, 2.24) is 21.3 Å². The number of carbonyl (C=O) groups is 9. The first-order chi connectivity index (χ1) is 66.9. The van der Waals surface area contributed by atoms with Crippen LogP contribution in [0.5, 0.6) is 23.0 Å². The number of rotatable bonds is 30. The van der Waals surface area contributed by atoms with Crippen LogP contribution >= 0.6 is 19.5 Å². The van der Waals surface area contributed by atoms with Crippen LogP contribution < -0.4 is 105 Å². The molecule has 8 amide bonds. The third-order valence-electron chi connectivity index (χ3n) is 20.4. The Morgan fingerprint density at radius 3 is 0.847 bits per heavy atom. The monoisotopic (exact) mass is 2010 g/mol. The van der Waals surface area contributed by atoms with Gasteiger partial charge in [-0.25, -0.2) is 19.2 Å². The Labute approximate surface area is 880 Å². The molecule has 11 rings (SSSR count). The van der Waals surface area contributed by atoms with Crippen LogP contribution in [0.4, 0.5) is 41.9 Å². The summed E-state index contributed by atoms with van der Waals surface area (Å²) in [5, 5.41) is 40.5. The van der Waals surface area contributed by atoms with Crippen molar-refractivity contribution in [2.45, 2.75) is 175 Å². The van der Waals surface area contributed by atoms with Gasteiger partial charge in [-0.05, 0) is 256 Å². The van der Waals surface area contributed by atoms with Gasteiger partial charge >= 0.3 is 53.9 Å². The molecule has 4 atom stereocenters. The number of nitriles is 1. The number of aliphatic hydroxyl groups is 2. The number of hydrogen-bond donors (Lipinski definition) is 6. The van der Waals surface area contributed by atoms with Crippen LogP contribution in [0, 0.1) is 11.3 Å². The molecule has 11 aromatic carbocycles. The average molecular weight is 2010 g/mol. The van der Waals surface area contributed by atoms with Crippen molar-refractivity contribution in [2.24, 2.45) is 0 Å². The SMILES string of the molecule is C.CO.COc1ccc(N(C)C(=O)[C@H](Cc2cccc(C#N)c2)NC(=O)OC(C)(C)C)cc1.COc1ccc(N(C)C(=O)[C@H](Cc2cccc(C=O)c2)NC(=O)OC(C)(C)C)cc1.COc1ccc(N(C)C(=O)[C@H](Cc2cccc(CCl)c2)NC(=O)OC(C)(C)C)cc1.COc1ccc(N(C)C(=O)[C@H](Cc2cccc(CO)c2)NC(=O)OC(C)(C)C)cc1.[B].[H-].[Na+].c1ccc(P(c2ccccc2)c2ccccc2)cc1. The summed E-state index contributed by atoms with van der Waals surface area (Å²) in [6.45, 7) is 21.0. The molecule has 0 fully saturated rings. The van der Waals surface area contributed by atoms with E-state index in [0.717, 1.165) is 46.8 Å². The van der Waals surface area contributed by atoms with Crippen LogP contribution in [0.15, 0.2) is 285 Å². The molecule has 144 heavy (non-hydrogen) atoms. The maximum atomic E-state index is 13.3. The van der Waals surface area contributed by atoms with Crippen molar-refractivity contribution in [3.8, 4) is 29.1 Å². The molecule has 0 heterocycles. The van der Waals surface area contributed by atoms with E-state index in [4.69, 9.17) is 59.9 Å². The first-order valence-corrected chi connectivity index (χ1v) is 47.2. The van der Waals surface area contributed by atoms with E-state index >= 15 is 0 Å². The van der Waals surface area contributed by atoms with Crippen LogP contribution in [0.1, 0.15) is 141 Å². The Kier molecular flexibility index (Phi) is 53.7. The first kappa shape index (κ1) is 125. The largest absolute Gasteiger partial charge is 1.00 e. The maximum absolute atomic E-state index is 13.3. The summed E-state index contributed by atoms with van der Waals surface area (Å²) in [7, 11) is 13.4. The van der Waals surface area contributed by atoms with Gasteiger partial charge in [-0.15, -0.1) is 11.6 Å². The van der Waals surface area contributed by atoms with Gasteiger partial charge in [0.05, 0.1) is 46.7 Å². The third kappa shape index (κ3) is 43.7. The molecular formula is C112H138BClN9NaO19P. The van der Waals surface area contributed by atoms with Gasteiger partial charge in [0.25, 0.3) is 0 Å². The molecular weight excluding hydrogens is 1880 g/mol. The zero-order valence-electron chi connectivity index (χ0n) is 86.7. The van der Waals surface area contributed by atoms with Gasteiger partial charge in [0.2, 0.25) is 23.6 Å². The van der Waals surface area contributed by atoms with Gasteiger partial charge in [0, 0.05) is 104 Å². The zero-order chi connectivity index (χ0) is 104. The Morgan fingerprint density at radius 1 is 0.368 bits per heavy atom. The second-order valence-corrected chi connectivity index (χ2v) is 38.4. The molecule has 0 aromatic heterocycles. The van der Waals surface area contributed by atoms with Crippen LogP contribution in [0.2, 0.25) is 0 Å². The van der Waals surface area contributed by atoms with Crippen molar-refractivity contribution in [3.05, 3.63) is 330 Å². The Morgan fingerprint density at radius 2 is 0.604 bits per heavy atom. The number of nitrogens with one attached hydrogen (secondary N) is 4. The van der Waals surface area contributed by atoms with Gasteiger partial charge in [-0.2, -0.15) is 5.26 Å². The fraction of sp³-hybridized carbons (Fsp3) is 0.321.